The normalized spacial score (nSPS) is 11.1. The highest BCUT2D eigenvalue weighted by atomic mass is 16.7. The van der Waals surface area contributed by atoms with Crippen LogP contribution in [0.3, 0.4) is 0 Å². The molecule has 36 heavy (non-hydrogen) atoms. The minimum absolute atomic E-state index is 0.112. The van der Waals surface area contributed by atoms with Crippen molar-refractivity contribution in [3.8, 4) is 17.6 Å². The van der Waals surface area contributed by atoms with Gasteiger partial charge in [0.25, 0.3) is 5.91 Å². The van der Waals surface area contributed by atoms with Crippen LogP contribution in [0.1, 0.15) is 57.5 Å². The number of rotatable bonds is 8. The molecular weight excluding hydrogens is 466 g/mol. The van der Waals surface area contributed by atoms with Gasteiger partial charge in [0.2, 0.25) is 0 Å². The number of hydrogen-bond donors (Lipinski definition) is 2. The van der Waals surface area contributed by atoms with Gasteiger partial charge in [-0.15, -0.1) is 0 Å². The maximum atomic E-state index is 12.4. The first-order valence-corrected chi connectivity index (χ1v) is 11.1. The van der Waals surface area contributed by atoms with Crippen molar-refractivity contribution >= 4 is 23.6 Å². The van der Waals surface area contributed by atoms with Gasteiger partial charge in [-0.3, -0.25) is 10.1 Å². The van der Waals surface area contributed by atoms with Gasteiger partial charge in [-0.25, -0.2) is 9.59 Å². The van der Waals surface area contributed by atoms with E-state index in [0.29, 0.717) is 11.3 Å². The Labute approximate surface area is 210 Å². The molecule has 192 valence electrons. The predicted octanol–water partition coefficient (Wildman–Crippen LogP) is 4.39. The zero-order chi connectivity index (χ0) is 26.9. The van der Waals surface area contributed by atoms with Crippen LogP contribution in [0.5, 0.6) is 11.5 Å². The number of anilines is 1. The molecule has 0 aliphatic heterocycles. The fourth-order valence-electron chi connectivity index (χ4n) is 2.63. The third kappa shape index (κ3) is 10.0. The number of carbonyl (C=O) groups excluding carboxylic acids is 3. The van der Waals surface area contributed by atoms with E-state index in [4.69, 9.17) is 24.2 Å². The van der Waals surface area contributed by atoms with Gasteiger partial charge in [-0.2, -0.15) is 5.26 Å². The van der Waals surface area contributed by atoms with E-state index in [9.17, 15) is 14.4 Å². The molecule has 0 fully saturated rings. The van der Waals surface area contributed by atoms with Crippen LogP contribution in [-0.4, -0.2) is 42.5 Å². The third-order valence-electron chi connectivity index (χ3n) is 4.18. The Bertz CT molecular complexity index is 1120. The van der Waals surface area contributed by atoms with Gasteiger partial charge in [-0.05, 0) is 77.9 Å². The molecule has 0 atom stereocenters. The summed E-state index contributed by atoms with van der Waals surface area (Å²) in [5.74, 6) is -0.747. The van der Waals surface area contributed by atoms with Crippen LogP contribution < -0.4 is 20.1 Å². The second-order valence-corrected chi connectivity index (χ2v) is 9.65. The average molecular weight is 498 g/mol. The highest BCUT2D eigenvalue weighted by Crippen LogP contribution is 2.31. The topological polar surface area (TPSA) is 136 Å². The number of esters is 1. The predicted molar refractivity (Wildman–Crippen MR) is 132 cm³/mol. The maximum Gasteiger partial charge on any atom is 0.344 e. The summed E-state index contributed by atoms with van der Waals surface area (Å²) in [6.07, 6.45) is 0. The first-order chi connectivity index (χ1) is 16.8. The Morgan fingerprint density at radius 2 is 1.56 bits per heavy atom. The van der Waals surface area contributed by atoms with Crippen molar-refractivity contribution in [1.29, 1.82) is 5.26 Å². The lowest BCUT2D eigenvalue weighted by Gasteiger charge is -2.21. The lowest BCUT2D eigenvalue weighted by atomic mass is 10.1. The summed E-state index contributed by atoms with van der Waals surface area (Å²) < 4.78 is 22.1. The van der Waals surface area contributed by atoms with Crippen LogP contribution in [0.4, 0.5) is 10.5 Å². The Balaban J connectivity index is 2.09. The van der Waals surface area contributed by atoms with Crippen molar-refractivity contribution in [2.24, 2.45) is 0 Å². The molecule has 0 saturated carbocycles. The second kappa shape index (κ2) is 12.0. The lowest BCUT2D eigenvalue weighted by Crippen LogP contribution is -2.34. The summed E-state index contributed by atoms with van der Waals surface area (Å²) in [5, 5.41) is 13.6. The number of amides is 3. The van der Waals surface area contributed by atoms with Gasteiger partial charge in [0, 0.05) is 17.3 Å². The van der Waals surface area contributed by atoms with Gasteiger partial charge in [0.1, 0.15) is 5.60 Å². The van der Waals surface area contributed by atoms with Crippen LogP contribution in [0.15, 0.2) is 42.5 Å². The molecule has 0 spiro atoms. The molecule has 2 N–H and O–H groups in total. The van der Waals surface area contributed by atoms with Crippen LogP contribution >= 0.6 is 0 Å². The Morgan fingerprint density at radius 1 is 0.889 bits per heavy atom. The smallest absolute Gasteiger partial charge is 0.344 e. The maximum absolute atomic E-state index is 12.4. The third-order valence-corrected chi connectivity index (χ3v) is 4.18. The largest absolute Gasteiger partial charge is 0.478 e. The molecule has 0 unspecified atom stereocenters. The summed E-state index contributed by atoms with van der Waals surface area (Å²) in [4.78, 5) is 36.7. The van der Waals surface area contributed by atoms with Gasteiger partial charge >= 0.3 is 12.0 Å². The van der Waals surface area contributed by atoms with E-state index in [-0.39, 0.29) is 30.5 Å². The molecule has 0 aliphatic rings. The number of urea groups is 1. The number of imide groups is 1. The molecular formula is C26H31N3O7. The molecule has 0 heterocycles. The monoisotopic (exact) mass is 497 g/mol. The van der Waals surface area contributed by atoms with Gasteiger partial charge in [0.05, 0.1) is 17.2 Å². The van der Waals surface area contributed by atoms with Crippen LogP contribution in [0.25, 0.3) is 0 Å². The molecule has 0 bridgehead atoms. The van der Waals surface area contributed by atoms with Crippen molar-refractivity contribution in [1.82, 2.24) is 5.32 Å². The van der Waals surface area contributed by atoms with E-state index in [1.807, 2.05) is 26.8 Å². The van der Waals surface area contributed by atoms with Gasteiger partial charge in [-0.1, -0.05) is 0 Å². The molecule has 0 radical (unpaired) electrons. The fraction of sp³-hybridized carbons (Fsp3) is 0.385. The van der Waals surface area contributed by atoms with Crippen molar-refractivity contribution in [2.45, 2.75) is 52.7 Å². The average Bonchev–Trinajstić information content (AvgIpc) is 2.76. The minimum Gasteiger partial charge on any atom is -0.478 e. The molecule has 10 heteroatoms. The molecule has 2 aromatic carbocycles. The number of hydrogen-bond acceptors (Lipinski definition) is 8. The van der Waals surface area contributed by atoms with E-state index in [2.05, 4.69) is 10.6 Å². The summed E-state index contributed by atoms with van der Waals surface area (Å²) in [6.45, 7) is 10.4. The number of nitrogens with one attached hydrogen (secondary N) is 2. The van der Waals surface area contributed by atoms with Crippen molar-refractivity contribution in [2.75, 3.05) is 18.7 Å². The van der Waals surface area contributed by atoms with E-state index in [1.165, 1.54) is 42.5 Å². The zero-order valence-corrected chi connectivity index (χ0v) is 21.3. The Hall–Kier alpha value is -4.10. The number of ether oxygens (including phenoxy) is 4. The summed E-state index contributed by atoms with van der Waals surface area (Å²) >= 11 is 0. The SMILES string of the molecule is CC(C)(C)OCOc1cc(NC(=O)NC(=O)c2ccc(C#N)cc2)ccc1OCC(=O)OC(C)(C)C. The zero-order valence-electron chi connectivity index (χ0n) is 21.3. The van der Waals surface area contributed by atoms with E-state index >= 15 is 0 Å². The number of nitrogens with zero attached hydrogens (tertiary/aromatic N) is 1. The standard InChI is InChI=1S/C26H31N3O7/c1-25(2,3)35-16-34-21-13-19(11-12-20(21)33-15-22(30)36-26(4,5)6)28-24(32)29-23(31)18-9-7-17(14-27)8-10-18/h7-13H,15-16H2,1-6H3,(H2,28,29,31,32). The number of benzene rings is 2. The minimum atomic E-state index is -0.774. The fourth-order valence-corrected chi connectivity index (χ4v) is 2.63. The van der Waals surface area contributed by atoms with E-state index in [1.54, 1.807) is 20.8 Å². The lowest BCUT2D eigenvalue weighted by molar-refractivity contribution is -0.157. The summed E-state index contributed by atoms with van der Waals surface area (Å²) in [5.41, 5.74) is -0.197. The van der Waals surface area contributed by atoms with Crippen molar-refractivity contribution in [3.05, 3.63) is 53.6 Å². The quantitative estimate of drug-likeness (QED) is 0.405. The highest BCUT2D eigenvalue weighted by Gasteiger charge is 2.19. The van der Waals surface area contributed by atoms with E-state index < -0.39 is 29.1 Å². The number of nitriles is 1. The number of carbonyl (C=O) groups is 3. The van der Waals surface area contributed by atoms with Crippen LogP contribution in [0, 0.1) is 11.3 Å². The van der Waals surface area contributed by atoms with Crippen LogP contribution in [0.2, 0.25) is 0 Å². The molecule has 2 rings (SSSR count). The molecule has 3 amide bonds. The highest BCUT2D eigenvalue weighted by molar-refractivity contribution is 6.08. The Morgan fingerprint density at radius 3 is 2.14 bits per heavy atom. The van der Waals surface area contributed by atoms with Crippen molar-refractivity contribution < 1.29 is 33.3 Å². The first kappa shape index (κ1) is 28.1. The molecule has 0 saturated heterocycles. The Kier molecular flexibility index (Phi) is 9.41. The molecule has 2 aromatic rings. The molecule has 0 aromatic heterocycles. The van der Waals surface area contributed by atoms with Crippen molar-refractivity contribution in [3.63, 3.8) is 0 Å². The summed E-state index contributed by atoms with van der Waals surface area (Å²) in [6, 6.07) is 11.5. The van der Waals surface area contributed by atoms with Gasteiger partial charge < -0.3 is 24.3 Å². The first-order valence-electron chi connectivity index (χ1n) is 11.1. The van der Waals surface area contributed by atoms with Gasteiger partial charge in [0.15, 0.2) is 24.9 Å². The molecule has 10 nitrogen and oxygen atoms in total. The summed E-state index contributed by atoms with van der Waals surface area (Å²) in [7, 11) is 0. The van der Waals surface area contributed by atoms with E-state index in [0.717, 1.165) is 0 Å². The second-order valence-electron chi connectivity index (χ2n) is 9.65. The molecule has 0 aliphatic carbocycles. The van der Waals surface area contributed by atoms with Crippen LogP contribution in [-0.2, 0) is 14.3 Å².